The molecular formula is C12H21NO6. The second-order valence-corrected chi connectivity index (χ2v) is 3.88. The molecule has 0 aromatic rings. The number of hydrogen-bond donors (Lipinski definition) is 1. The van der Waals surface area contributed by atoms with Crippen molar-refractivity contribution in [1.82, 2.24) is 4.90 Å². The lowest BCUT2D eigenvalue weighted by Crippen LogP contribution is -2.42. The molecule has 7 heteroatoms. The SMILES string of the molecule is CCOC(=O)CCN(C(=O)OC)C(CC)CC(=O)O. The number of rotatable bonds is 8. The van der Waals surface area contributed by atoms with Gasteiger partial charge < -0.3 is 19.5 Å². The summed E-state index contributed by atoms with van der Waals surface area (Å²) >= 11 is 0. The van der Waals surface area contributed by atoms with E-state index in [-0.39, 0.29) is 26.0 Å². The van der Waals surface area contributed by atoms with Crippen LogP contribution < -0.4 is 0 Å². The van der Waals surface area contributed by atoms with Gasteiger partial charge in [-0.15, -0.1) is 0 Å². The van der Waals surface area contributed by atoms with E-state index in [1.807, 2.05) is 0 Å². The van der Waals surface area contributed by atoms with E-state index in [0.29, 0.717) is 6.42 Å². The maximum absolute atomic E-state index is 11.6. The molecule has 0 aromatic carbocycles. The number of esters is 1. The van der Waals surface area contributed by atoms with Gasteiger partial charge in [0.15, 0.2) is 0 Å². The summed E-state index contributed by atoms with van der Waals surface area (Å²) < 4.78 is 9.38. The first-order chi connectivity index (χ1) is 8.96. The smallest absolute Gasteiger partial charge is 0.409 e. The van der Waals surface area contributed by atoms with Crippen molar-refractivity contribution in [2.24, 2.45) is 0 Å². The Kier molecular flexibility index (Phi) is 8.32. The highest BCUT2D eigenvalue weighted by atomic mass is 16.5. The second-order valence-electron chi connectivity index (χ2n) is 3.88. The van der Waals surface area contributed by atoms with Gasteiger partial charge >= 0.3 is 18.0 Å². The van der Waals surface area contributed by atoms with Gasteiger partial charge in [-0.3, -0.25) is 9.59 Å². The first-order valence-electron chi connectivity index (χ1n) is 6.18. The average Bonchev–Trinajstić information content (AvgIpc) is 2.36. The monoisotopic (exact) mass is 275 g/mol. The van der Waals surface area contributed by atoms with Crippen LogP contribution in [0.15, 0.2) is 0 Å². The van der Waals surface area contributed by atoms with E-state index in [1.54, 1.807) is 13.8 Å². The average molecular weight is 275 g/mol. The quantitative estimate of drug-likeness (QED) is 0.670. The first kappa shape index (κ1) is 17.2. The lowest BCUT2D eigenvalue weighted by molar-refractivity contribution is -0.143. The van der Waals surface area contributed by atoms with E-state index in [2.05, 4.69) is 4.74 Å². The van der Waals surface area contributed by atoms with Crippen LogP contribution in [-0.4, -0.2) is 54.3 Å². The highest BCUT2D eigenvalue weighted by molar-refractivity contribution is 5.73. The van der Waals surface area contributed by atoms with Gasteiger partial charge in [-0.05, 0) is 13.3 Å². The summed E-state index contributed by atoms with van der Waals surface area (Å²) in [5.41, 5.74) is 0. The number of ether oxygens (including phenoxy) is 2. The summed E-state index contributed by atoms with van der Waals surface area (Å²) in [7, 11) is 1.22. The summed E-state index contributed by atoms with van der Waals surface area (Å²) in [6.07, 6.45) is -0.352. The maximum atomic E-state index is 11.6. The molecule has 0 aromatic heterocycles. The van der Waals surface area contributed by atoms with Gasteiger partial charge in [-0.2, -0.15) is 0 Å². The van der Waals surface area contributed by atoms with Crippen LogP contribution in [0.1, 0.15) is 33.1 Å². The molecule has 0 saturated heterocycles. The van der Waals surface area contributed by atoms with Crippen LogP contribution in [0, 0.1) is 0 Å². The molecule has 0 aliphatic carbocycles. The molecular weight excluding hydrogens is 254 g/mol. The van der Waals surface area contributed by atoms with Crippen LogP contribution in [0.4, 0.5) is 4.79 Å². The van der Waals surface area contributed by atoms with Gasteiger partial charge in [0.25, 0.3) is 0 Å². The summed E-state index contributed by atoms with van der Waals surface area (Å²) in [6.45, 7) is 3.81. The number of aliphatic carboxylic acids is 1. The van der Waals surface area contributed by atoms with Crippen molar-refractivity contribution in [3.63, 3.8) is 0 Å². The van der Waals surface area contributed by atoms with Gasteiger partial charge in [-0.25, -0.2) is 4.79 Å². The number of carbonyl (C=O) groups excluding carboxylic acids is 2. The largest absolute Gasteiger partial charge is 0.481 e. The number of carboxylic acid groups (broad SMARTS) is 1. The Morgan fingerprint density at radius 3 is 2.32 bits per heavy atom. The predicted molar refractivity (Wildman–Crippen MR) is 66.7 cm³/mol. The van der Waals surface area contributed by atoms with Crippen LogP contribution in [0.3, 0.4) is 0 Å². The van der Waals surface area contributed by atoms with Gasteiger partial charge in [0.2, 0.25) is 0 Å². The highest BCUT2D eigenvalue weighted by Gasteiger charge is 2.25. The third-order valence-electron chi connectivity index (χ3n) is 2.59. The van der Waals surface area contributed by atoms with Crippen molar-refractivity contribution in [3.05, 3.63) is 0 Å². The van der Waals surface area contributed by atoms with E-state index in [1.165, 1.54) is 12.0 Å². The number of carbonyl (C=O) groups is 3. The fourth-order valence-electron chi connectivity index (χ4n) is 1.66. The second kappa shape index (κ2) is 9.18. The topological polar surface area (TPSA) is 93.1 Å². The normalized spacial score (nSPS) is 11.5. The zero-order chi connectivity index (χ0) is 14.8. The number of hydrogen-bond acceptors (Lipinski definition) is 5. The Hall–Kier alpha value is -1.79. The van der Waals surface area contributed by atoms with E-state index in [9.17, 15) is 14.4 Å². The van der Waals surface area contributed by atoms with Crippen molar-refractivity contribution < 1.29 is 29.0 Å². The highest BCUT2D eigenvalue weighted by Crippen LogP contribution is 2.11. The number of nitrogens with zero attached hydrogens (tertiary/aromatic N) is 1. The Morgan fingerprint density at radius 1 is 1.26 bits per heavy atom. The third-order valence-corrected chi connectivity index (χ3v) is 2.59. The molecule has 19 heavy (non-hydrogen) atoms. The molecule has 110 valence electrons. The summed E-state index contributed by atoms with van der Waals surface area (Å²) in [5.74, 6) is -1.43. The molecule has 0 spiro atoms. The van der Waals surface area contributed by atoms with Crippen molar-refractivity contribution in [2.75, 3.05) is 20.3 Å². The Balaban J connectivity index is 4.64. The predicted octanol–water partition coefficient (Wildman–Crippen LogP) is 1.26. The number of carboxylic acids is 1. The minimum atomic E-state index is -1.00. The zero-order valence-corrected chi connectivity index (χ0v) is 11.5. The molecule has 1 unspecified atom stereocenters. The molecule has 0 rings (SSSR count). The van der Waals surface area contributed by atoms with E-state index < -0.39 is 24.1 Å². The van der Waals surface area contributed by atoms with E-state index in [0.717, 1.165) is 0 Å². The van der Waals surface area contributed by atoms with E-state index in [4.69, 9.17) is 9.84 Å². The molecule has 7 nitrogen and oxygen atoms in total. The lowest BCUT2D eigenvalue weighted by Gasteiger charge is -2.28. The Morgan fingerprint density at radius 2 is 1.89 bits per heavy atom. The molecule has 1 atom stereocenters. The number of methoxy groups -OCH3 is 1. The van der Waals surface area contributed by atoms with Crippen molar-refractivity contribution in [1.29, 1.82) is 0 Å². The van der Waals surface area contributed by atoms with Crippen molar-refractivity contribution in [2.45, 2.75) is 39.2 Å². The van der Waals surface area contributed by atoms with Crippen LogP contribution in [-0.2, 0) is 19.1 Å². The molecule has 1 N–H and O–H groups in total. The lowest BCUT2D eigenvalue weighted by atomic mass is 10.1. The van der Waals surface area contributed by atoms with Crippen LogP contribution in [0.5, 0.6) is 0 Å². The number of amides is 1. The van der Waals surface area contributed by atoms with Crippen molar-refractivity contribution >= 4 is 18.0 Å². The molecule has 0 aliphatic heterocycles. The first-order valence-corrected chi connectivity index (χ1v) is 6.18. The molecule has 0 heterocycles. The Labute approximate surface area is 112 Å². The minimum Gasteiger partial charge on any atom is -0.481 e. The molecule has 0 aliphatic rings. The molecule has 0 bridgehead atoms. The molecule has 0 fully saturated rings. The summed E-state index contributed by atoms with van der Waals surface area (Å²) in [4.78, 5) is 34.9. The zero-order valence-electron chi connectivity index (χ0n) is 11.5. The molecule has 1 amide bonds. The van der Waals surface area contributed by atoms with Gasteiger partial charge in [0, 0.05) is 12.6 Å². The summed E-state index contributed by atoms with van der Waals surface area (Å²) in [6, 6.07) is -0.501. The van der Waals surface area contributed by atoms with Gasteiger partial charge in [0.1, 0.15) is 0 Å². The van der Waals surface area contributed by atoms with Crippen molar-refractivity contribution in [3.8, 4) is 0 Å². The van der Waals surface area contributed by atoms with Gasteiger partial charge in [-0.1, -0.05) is 6.92 Å². The molecule has 0 saturated carbocycles. The van der Waals surface area contributed by atoms with Crippen LogP contribution >= 0.6 is 0 Å². The van der Waals surface area contributed by atoms with Crippen LogP contribution in [0.2, 0.25) is 0 Å². The fraction of sp³-hybridized carbons (Fsp3) is 0.750. The molecule has 0 radical (unpaired) electrons. The third kappa shape index (κ3) is 6.64. The van der Waals surface area contributed by atoms with E-state index >= 15 is 0 Å². The fourth-order valence-corrected chi connectivity index (χ4v) is 1.66. The van der Waals surface area contributed by atoms with Gasteiger partial charge in [0.05, 0.1) is 26.6 Å². The standard InChI is InChI=1S/C12H21NO6/c1-4-9(8-10(14)15)13(12(17)18-3)7-6-11(16)19-5-2/h9H,4-8H2,1-3H3,(H,14,15). The Bertz CT molecular complexity index is 317. The maximum Gasteiger partial charge on any atom is 0.409 e. The minimum absolute atomic E-state index is 0.0130. The van der Waals surface area contributed by atoms with Crippen LogP contribution in [0.25, 0.3) is 0 Å². The summed E-state index contributed by atoms with van der Waals surface area (Å²) in [5, 5.41) is 8.81.